The first-order valence-corrected chi connectivity index (χ1v) is 9.30. The molecule has 1 heterocycles. The number of pyridine rings is 1. The van der Waals surface area contributed by atoms with Gasteiger partial charge in [-0.1, -0.05) is 29.9 Å². The number of nitrogens with one attached hydrogen (secondary N) is 1. The highest BCUT2D eigenvalue weighted by Gasteiger charge is 2.24. The molecule has 0 radical (unpaired) electrons. The van der Waals surface area contributed by atoms with Crippen molar-refractivity contribution in [1.29, 1.82) is 0 Å². The van der Waals surface area contributed by atoms with Gasteiger partial charge in [-0.15, -0.1) is 0 Å². The normalized spacial score (nSPS) is 11.5. The van der Waals surface area contributed by atoms with Crippen molar-refractivity contribution in [2.24, 2.45) is 0 Å². The zero-order valence-corrected chi connectivity index (χ0v) is 16.8. The maximum atomic E-state index is 11.0. The summed E-state index contributed by atoms with van der Waals surface area (Å²) in [6.45, 7) is 3.93. The van der Waals surface area contributed by atoms with E-state index in [1.807, 2.05) is 56.4 Å². The molecule has 0 aliphatic rings. The van der Waals surface area contributed by atoms with Gasteiger partial charge < -0.3 is 10.4 Å². The molecule has 0 spiro atoms. The van der Waals surface area contributed by atoms with Gasteiger partial charge in [0.25, 0.3) is 11.4 Å². The van der Waals surface area contributed by atoms with Crippen LogP contribution in [0.4, 0.5) is 11.4 Å². The third kappa shape index (κ3) is 4.83. The van der Waals surface area contributed by atoms with E-state index in [-0.39, 0.29) is 11.4 Å². The molecule has 7 heteroatoms. The molecule has 3 aromatic rings. The molecule has 0 saturated heterocycles. The summed E-state index contributed by atoms with van der Waals surface area (Å²) in [5.74, 6) is -0.0832. The third-order valence-corrected chi connectivity index (χ3v) is 4.60. The largest absolute Gasteiger partial charge is 0.502 e. The number of thiocarbonyl (C=S) groups is 1. The predicted octanol–water partition coefficient (Wildman–Crippen LogP) is 4.82. The van der Waals surface area contributed by atoms with Crippen molar-refractivity contribution >= 4 is 40.0 Å². The van der Waals surface area contributed by atoms with Gasteiger partial charge in [0.1, 0.15) is 0 Å². The van der Waals surface area contributed by atoms with Gasteiger partial charge in [0.05, 0.1) is 4.92 Å². The fraction of sp³-hybridized carbons (Fsp3) is 0.0909. The van der Waals surface area contributed by atoms with E-state index in [1.165, 1.54) is 24.3 Å². The third-order valence-electron chi connectivity index (χ3n) is 4.31. The minimum Gasteiger partial charge on any atom is -0.502 e. The fourth-order valence-electron chi connectivity index (χ4n) is 2.78. The Bertz CT molecular complexity index is 1090. The van der Waals surface area contributed by atoms with Crippen LogP contribution in [-0.2, 0) is 0 Å². The minimum atomic E-state index is -0.482. The number of aryl methyl sites for hydroxylation is 2. The topological polar surface area (TPSA) is 79.3 Å². The molecule has 0 aliphatic heterocycles. The standard InChI is InChI=1S/C22H19N3O3S/c1-15-5-9-18(10-6-15)23-22(29)20(24-13-3-4-16(2)14-24)21(26)17-7-11-19(12-8-17)25(27)28/h3-14H,1-2H3,(H-,23,26,29)/p+1. The summed E-state index contributed by atoms with van der Waals surface area (Å²) in [4.78, 5) is 10.7. The lowest BCUT2D eigenvalue weighted by atomic mass is 10.1. The number of nitro groups is 1. The second-order valence-electron chi connectivity index (χ2n) is 6.61. The van der Waals surface area contributed by atoms with Crippen LogP contribution in [0.15, 0.2) is 73.1 Å². The molecule has 29 heavy (non-hydrogen) atoms. The van der Waals surface area contributed by atoms with E-state index in [9.17, 15) is 15.2 Å². The molecule has 146 valence electrons. The number of aromatic nitrogens is 1. The van der Waals surface area contributed by atoms with E-state index >= 15 is 0 Å². The van der Waals surface area contributed by atoms with Gasteiger partial charge in [-0.2, -0.15) is 4.57 Å². The molecule has 0 bridgehead atoms. The van der Waals surface area contributed by atoms with Crippen LogP contribution in [-0.4, -0.2) is 15.0 Å². The van der Waals surface area contributed by atoms with Crippen LogP contribution in [0.5, 0.6) is 0 Å². The number of anilines is 1. The van der Waals surface area contributed by atoms with Crippen molar-refractivity contribution < 1.29 is 14.6 Å². The van der Waals surface area contributed by atoms with E-state index in [2.05, 4.69) is 5.32 Å². The highest BCUT2D eigenvalue weighted by atomic mass is 32.1. The number of hydrogen-bond acceptors (Lipinski definition) is 4. The van der Waals surface area contributed by atoms with E-state index < -0.39 is 4.92 Å². The first-order chi connectivity index (χ1) is 13.8. The van der Waals surface area contributed by atoms with Gasteiger partial charge in [-0.3, -0.25) is 10.1 Å². The monoisotopic (exact) mass is 406 g/mol. The van der Waals surface area contributed by atoms with Crippen LogP contribution in [0.3, 0.4) is 0 Å². The Morgan fingerprint density at radius 3 is 2.28 bits per heavy atom. The number of nitrogens with zero attached hydrogens (tertiary/aromatic N) is 2. The smallest absolute Gasteiger partial charge is 0.288 e. The van der Waals surface area contributed by atoms with E-state index in [0.717, 1.165) is 16.8 Å². The van der Waals surface area contributed by atoms with E-state index in [0.29, 0.717) is 16.2 Å². The van der Waals surface area contributed by atoms with Crippen molar-refractivity contribution in [2.45, 2.75) is 13.8 Å². The number of aliphatic hydroxyl groups is 1. The number of nitro benzene ring substituents is 1. The summed E-state index contributed by atoms with van der Waals surface area (Å²) in [5, 5.41) is 25.1. The number of hydrogen-bond donors (Lipinski definition) is 2. The van der Waals surface area contributed by atoms with Crippen LogP contribution < -0.4 is 9.88 Å². The number of rotatable bonds is 5. The first kappa shape index (κ1) is 20.2. The number of non-ortho nitro benzene ring substituents is 1. The van der Waals surface area contributed by atoms with Crippen molar-refractivity contribution in [3.63, 3.8) is 0 Å². The molecule has 3 rings (SSSR count). The molecular formula is C22H20N3O3S+. The number of aliphatic hydroxyl groups excluding tert-OH is 1. The lowest BCUT2D eigenvalue weighted by Gasteiger charge is -2.11. The van der Waals surface area contributed by atoms with Crippen LogP contribution >= 0.6 is 12.2 Å². The van der Waals surface area contributed by atoms with Crippen LogP contribution in [0.2, 0.25) is 0 Å². The number of benzene rings is 2. The van der Waals surface area contributed by atoms with Crippen molar-refractivity contribution in [2.75, 3.05) is 5.32 Å². The van der Waals surface area contributed by atoms with Gasteiger partial charge in [-0.25, -0.2) is 0 Å². The molecule has 0 fully saturated rings. The average molecular weight is 406 g/mol. The Hall–Kier alpha value is -3.58. The van der Waals surface area contributed by atoms with Gasteiger partial charge >= 0.3 is 0 Å². The molecular weight excluding hydrogens is 386 g/mol. The molecule has 0 atom stereocenters. The Morgan fingerprint density at radius 1 is 1.03 bits per heavy atom. The summed E-state index contributed by atoms with van der Waals surface area (Å²) < 4.78 is 1.73. The highest BCUT2D eigenvalue weighted by molar-refractivity contribution is 7.81. The van der Waals surface area contributed by atoms with Crippen LogP contribution in [0, 0.1) is 24.0 Å². The zero-order chi connectivity index (χ0) is 21.0. The Labute approximate surface area is 173 Å². The summed E-state index contributed by atoms with van der Waals surface area (Å²) in [5.41, 5.74) is 3.65. The second kappa shape index (κ2) is 8.62. The summed E-state index contributed by atoms with van der Waals surface area (Å²) in [6.07, 6.45) is 3.63. The first-order valence-electron chi connectivity index (χ1n) is 8.89. The average Bonchev–Trinajstić information content (AvgIpc) is 2.70. The maximum Gasteiger partial charge on any atom is 0.288 e. The molecule has 1 aromatic heterocycles. The van der Waals surface area contributed by atoms with E-state index in [4.69, 9.17) is 12.2 Å². The summed E-state index contributed by atoms with van der Waals surface area (Å²) >= 11 is 5.60. The molecule has 0 unspecified atom stereocenters. The lowest BCUT2D eigenvalue weighted by Crippen LogP contribution is -2.38. The van der Waals surface area contributed by atoms with Gasteiger partial charge in [0.2, 0.25) is 0 Å². The van der Waals surface area contributed by atoms with Crippen LogP contribution in [0.25, 0.3) is 11.5 Å². The molecule has 2 N–H and O–H groups in total. The zero-order valence-electron chi connectivity index (χ0n) is 16.0. The van der Waals surface area contributed by atoms with Gasteiger partial charge in [-0.05, 0) is 44.2 Å². The van der Waals surface area contributed by atoms with Crippen LogP contribution in [0.1, 0.15) is 16.7 Å². The van der Waals surface area contributed by atoms with Crippen molar-refractivity contribution in [1.82, 2.24) is 0 Å². The quantitative estimate of drug-likeness (QED) is 0.159. The second-order valence-corrected chi connectivity index (χ2v) is 7.02. The highest BCUT2D eigenvalue weighted by Crippen LogP contribution is 2.22. The molecule has 0 amide bonds. The Balaban J connectivity index is 2.06. The van der Waals surface area contributed by atoms with Gasteiger partial charge in [0.15, 0.2) is 23.1 Å². The molecule has 6 nitrogen and oxygen atoms in total. The molecule has 0 saturated carbocycles. The maximum absolute atomic E-state index is 11.0. The van der Waals surface area contributed by atoms with Gasteiger partial charge in [0, 0.05) is 35.0 Å². The van der Waals surface area contributed by atoms with Crippen molar-refractivity contribution in [3.8, 4) is 0 Å². The van der Waals surface area contributed by atoms with Crippen molar-refractivity contribution in [3.05, 3.63) is 99.9 Å². The predicted molar refractivity (Wildman–Crippen MR) is 118 cm³/mol. The summed E-state index contributed by atoms with van der Waals surface area (Å²) in [7, 11) is 0. The van der Waals surface area contributed by atoms with E-state index in [1.54, 1.807) is 10.8 Å². The minimum absolute atomic E-state index is 0.0494. The Morgan fingerprint density at radius 2 is 1.69 bits per heavy atom. The fourth-order valence-corrected chi connectivity index (χ4v) is 3.10. The lowest BCUT2D eigenvalue weighted by molar-refractivity contribution is -0.576. The molecule has 0 aliphatic carbocycles. The Kier molecular flexibility index (Phi) is 5.99. The SMILES string of the molecule is Cc1ccc(NC(=S)/C(=C(/O)c2ccc([N+](=O)[O-])cc2)[n+]2cccc(C)c2)cc1. The molecule has 2 aromatic carbocycles. The summed E-state index contributed by atoms with van der Waals surface area (Å²) in [6, 6.07) is 17.2.